The van der Waals surface area contributed by atoms with Crippen molar-refractivity contribution in [2.75, 3.05) is 7.11 Å². The maximum absolute atomic E-state index is 11.1. The lowest BCUT2D eigenvalue weighted by Crippen LogP contribution is -2.23. The molecular weight excluding hydrogens is 244 g/mol. The highest BCUT2D eigenvalue weighted by molar-refractivity contribution is 5.79. The summed E-state index contributed by atoms with van der Waals surface area (Å²) in [5, 5.41) is 0. The normalized spacial score (nSPS) is 16.2. The third kappa shape index (κ3) is 4.09. The highest BCUT2D eigenvalue weighted by atomic mass is 16.5. The minimum Gasteiger partial charge on any atom is -0.490 e. The molecule has 0 bridgehead atoms. The molecule has 0 radical (unpaired) electrons. The second-order valence-electron chi connectivity index (χ2n) is 4.75. The third-order valence-electron chi connectivity index (χ3n) is 3.29. The summed E-state index contributed by atoms with van der Waals surface area (Å²) in [4.78, 5) is 22.3. The van der Waals surface area contributed by atoms with E-state index in [4.69, 9.17) is 4.74 Å². The molecule has 1 saturated carbocycles. The summed E-state index contributed by atoms with van der Waals surface area (Å²) in [6.07, 6.45) is 3.22. The number of hydrogen-bond donors (Lipinski definition) is 0. The lowest BCUT2D eigenvalue weighted by Gasteiger charge is -2.22. The third-order valence-corrected chi connectivity index (χ3v) is 3.29. The average Bonchev–Trinajstić information content (AvgIpc) is 2.43. The molecule has 0 atom stereocenters. The molecular formula is C15H18O4. The SMILES string of the molecule is COC(=O)Cc1ccc(OC2CCC(=O)CC2)cc1. The first-order valence-electron chi connectivity index (χ1n) is 6.51. The van der Waals surface area contributed by atoms with Gasteiger partial charge in [-0.15, -0.1) is 0 Å². The average molecular weight is 262 g/mol. The minimum absolute atomic E-state index is 0.129. The van der Waals surface area contributed by atoms with E-state index in [1.165, 1.54) is 7.11 Å². The quantitative estimate of drug-likeness (QED) is 0.781. The number of rotatable bonds is 4. The molecule has 1 fully saturated rings. The fourth-order valence-corrected chi connectivity index (χ4v) is 2.15. The second-order valence-corrected chi connectivity index (χ2v) is 4.75. The van der Waals surface area contributed by atoms with Crippen molar-refractivity contribution in [1.29, 1.82) is 0 Å². The van der Waals surface area contributed by atoms with Crippen LogP contribution >= 0.6 is 0 Å². The van der Waals surface area contributed by atoms with Crippen LogP contribution in [0.3, 0.4) is 0 Å². The molecule has 1 aromatic rings. The van der Waals surface area contributed by atoms with Gasteiger partial charge in [0.05, 0.1) is 19.6 Å². The molecule has 0 amide bonds. The maximum atomic E-state index is 11.1. The van der Waals surface area contributed by atoms with E-state index < -0.39 is 0 Å². The van der Waals surface area contributed by atoms with E-state index in [0.717, 1.165) is 24.2 Å². The van der Waals surface area contributed by atoms with Gasteiger partial charge in [-0.1, -0.05) is 12.1 Å². The van der Waals surface area contributed by atoms with Crippen LogP contribution in [0.4, 0.5) is 0 Å². The Hall–Kier alpha value is -1.84. The number of carbonyl (C=O) groups is 2. The molecule has 19 heavy (non-hydrogen) atoms. The first kappa shape index (κ1) is 13.6. The number of benzene rings is 1. The number of methoxy groups -OCH3 is 1. The molecule has 0 aromatic heterocycles. The van der Waals surface area contributed by atoms with Gasteiger partial charge in [-0.25, -0.2) is 0 Å². The highest BCUT2D eigenvalue weighted by Crippen LogP contribution is 2.22. The Morgan fingerprint density at radius 2 is 1.84 bits per heavy atom. The summed E-state index contributed by atoms with van der Waals surface area (Å²) < 4.78 is 10.4. The van der Waals surface area contributed by atoms with Gasteiger partial charge < -0.3 is 9.47 Å². The summed E-state index contributed by atoms with van der Waals surface area (Å²) in [5.41, 5.74) is 0.901. The van der Waals surface area contributed by atoms with Crippen LogP contribution in [-0.4, -0.2) is 25.0 Å². The molecule has 0 N–H and O–H groups in total. The first-order valence-corrected chi connectivity index (χ1v) is 6.51. The fraction of sp³-hybridized carbons (Fsp3) is 0.467. The number of esters is 1. The summed E-state index contributed by atoms with van der Waals surface area (Å²) in [6, 6.07) is 7.43. The lowest BCUT2D eigenvalue weighted by atomic mass is 9.96. The zero-order chi connectivity index (χ0) is 13.7. The van der Waals surface area contributed by atoms with Crippen molar-refractivity contribution in [1.82, 2.24) is 0 Å². The Bertz CT molecular complexity index is 440. The van der Waals surface area contributed by atoms with Gasteiger partial charge in [0.2, 0.25) is 0 Å². The standard InChI is InChI=1S/C15H18O4/c1-18-15(17)10-11-2-6-13(7-3-11)19-14-8-4-12(16)5-9-14/h2-3,6-7,14H,4-5,8-10H2,1H3. The van der Waals surface area contributed by atoms with Crippen LogP contribution in [0, 0.1) is 0 Å². The van der Waals surface area contributed by atoms with E-state index in [-0.39, 0.29) is 18.5 Å². The maximum Gasteiger partial charge on any atom is 0.309 e. The van der Waals surface area contributed by atoms with E-state index in [1.54, 1.807) is 0 Å². The zero-order valence-electron chi connectivity index (χ0n) is 11.1. The van der Waals surface area contributed by atoms with Crippen LogP contribution in [0.25, 0.3) is 0 Å². The predicted octanol–water partition coefficient (Wildman–Crippen LogP) is 2.29. The predicted molar refractivity (Wildman–Crippen MR) is 70.1 cm³/mol. The van der Waals surface area contributed by atoms with Crippen molar-refractivity contribution in [2.45, 2.75) is 38.2 Å². The number of Topliss-reactive ketones (excluding diaryl/α,β-unsaturated/α-hetero) is 1. The van der Waals surface area contributed by atoms with Gasteiger partial charge in [0.1, 0.15) is 11.5 Å². The van der Waals surface area contributed by atoms with Crippen molar-refractivity contribution in [2.24, 2.45) is 0 Å². The molecule has 1 aliphatic rings. The highest BCUT2D eigenvalue weighted by Gasteiger charge is 2.19. The van der Waals surface area contributed by atoms with E-state index in [0.29, 0.717) is 18.6 Å². The van der Waals surface area contributed by atoms with Gasteiger partial charge in [0.25, 0.3) is 0 Å². The topological polar surface area (TPSA) is 52.6 Å². The molecule has 0 heterocycles. The van der Waals surface area contributed by atoms with Crippen LogP contribution in [0.5, 0.6) is 5.75 Å². The van der Waals surface area contributed by atoms with Crippen molar-refractivity contribution in [3.63, 3.8) is 0 Å². The van der Waals surface area contributed by atoms with Crippen molar-refractivity contribution < 1.29 is 19.1 Å². The van der Waals surface area contributed by atoms with Gasteiger partial charge in [-0.2, -0.15) is 0 Å². The fourth-order valence-electron chi connectivity index (χ4n) is 2.15. The molecule has 1 aliphatic carbocycles. The summed E-state index contributed by atoms with van der Waals surface area (Å²) in [6.45, 7) is 0. The lowest BCUT2D eigenvalue weighted by molar-refractivity contribution is -0.139. The van der Waals surface area contributed by atoms with Gasteiger partial charge in [0, 0.05) is 12.8 Å². The summed E-state index contributed by atoms with van der Waals surface area (Å²) in [7, 11) is 1.38. The van der Waals surface area contributed by atoms with Gasteiger partial charge in [0.15, 0.2) is 0 Å². The van der Waals surface area contributed by atoms with Gasteiger partial charge >= 0.3 is 5.97 Å². The molecule has 0 aliphatic heterocycles. The van der Waals surface area contributed by atoms with Crippen LogP contribution in [-0.2, 0) is 20.7 Å². The monoisotopic (exact) mass is 262 g/mol. The van der Waals surface area contributed by atoms with Gasteiger partial charge in [-0.3, -0.25) is 9.59 Å². The van der Waals surface area contributed by atoms with E-state index in [2.05, 4.69) is 4.74 Å². The summed E-state index contributed by atoms with van der Waals surface area (Å²) >= 11 is 0. The molecule has 0 unspecified atom stereocenters. The van der Waals surface area contributed by atoms with Crippen molar-refractivity contribution in [3.8, 4) is 5.75 Å². The van der Waals surface area contributed by atoms with Crippen molar-refractivity contribution in [3.05, 3.63) is 29.8 Å². The Labute approximate surface area is 112 Å². The van der Waals surface area contributed by atoms with Crippen LogP contribution < -0.4 is 4.74 Å². The Morgan fingerprint density at radius 1 is 1.21 bits per heavy atom. The molecule has 102 valence electrons. The molecule has 0 saturated heterocycles. The zero-order valence-corrected chi connectivity index (χ0v) is 11.1. The minimum atomic E-state index is -0.250. The van der Waals surface area contributed by atoms with Crippen LogP contribution in [0.2, 0.25) is 0 Å². The summed E-state index contributed by atoms with van der Waals surface area (Å²) in [5.74, 6) is 0.862. The molecule has 4 nitrogen and oxygen atoms in total. The Kier molecular flexibility index (Phi) is 4.55. The molecule has 0 spiro atoms. The van der Waals surface area contributed by atoms with E-state index in [1.807, 2.05) is 24.3 Å². The van der Waals surface area contributed by atoms with E-state index in [9.17, 15) is 9.59 Å². The van der Waals surface area contributed by atoms with Crippen LogP contribution in [0.15, 0.2) is 24.3 Å². The van der Waals surface area contributed by atoms with E-state index >= 15 is 0 Å². The van der Waals surface area contributed by atoms with Crippen LogP contribution in [0.1, 0.15) is 31.2 Å². The number of ketones is 1. The molecule has 2 rings (SSSR count). The molecule has 4 heteroatoms. The number of hydrogen-bond acceptors (Lipinski definition) is 4. The Morgan fingerprint density at radius 3 is 2.42 bits per heavy atom. The number of carbonyl (C=O) groups excluding carboxylic acids is 2. The molecule has 1 aromatic carbocycles. The smallest absolute Gasteiger partial charge is 0.309 e. The number of ether oxygens (including phenoxy) is 2. The van der Waals surface area contributed by atoms with Crippen molar-refractivity contribution >= 4 is 11.8 Å². The largest absolute Gasteiger partial charge is 0.490 e. The second kappa shape index (κ2) is 6.36. The van der Waals surface area contributed by atoms with Gasteiger partial charge in [-0.05, 0) is 30.5 Å². The Balaban J connectivity index is 1.88. The first-order chi connectivity index (χ1) is 9.17.